The maximum absolute atomic E-state index is 13.3. The van der Waals surface area contributed by atoms with Crippen LogP contribution in [0.1, 0.15) is 154 Å². The minimum absolute atomic E-state index is 0.00837. The van der Waals surface area contributed by atoms with E-state index in [4.69, 9.17) is 52.1 Å². The lowest BCUT2D eigenvalue weighted by Gasteiger charge is -2.71. The Morgan fingerprint density at radius 1 is 0.600 bits per heavy atom. The second-order valence-corrected chi connectivity index (χ2v) is 24.2. The van der Waals surface area contributed by atoms with Crippen LogP contribution >= 0.6 is 0 Å². The third-order valence-electron chi connectivity index (χ3n) is 18.9. The first-order valence-electron chi connectivity index (χ1n) is 26.6. The van der Waals surface area contributed by atoms with Crippen LogP contribution in [0, 0.1) is 50.2 Å². The minimum Gasteiger partial charge on any atom is -0.481 e. The highest BCUT2D eigenvalue weighted by Crippen LogP contribution is 2.76. The second-order valence-electron chi connectivity index (χ2n) is 24.2. The number of carbonyl (C=O) groups excluding carboxylic acids is 7. The van der Waals surface area contributed by atoms with E-state index in [9.17, 15) is 43.5 Å². The molecule has 0 aromatic rings. The Kier molecular flexibility index (Phi) is 16.7. The zero-order chi connectivity index (χ0) is 55.4. The summed E-state index contributed by atoms with van der Waals surface area (Å²) >= 11 is 0. The van der Waals surface area contributed by atoms with Gasteiger partial charge in [0, 0.05) is 53.9 Å². The highest BCUT2D eigenvalue weighted by atomic mass is 16.8. The third-order valence-corrected chi connectivity index (χ3v) is 18.9. The summed E-state index contributed by atoms with van der Waals surface area (Å²) in [6.07, 6.45) is -5.01. The SMILES string of the molecule is CC(=O)OC[C@H]1O[C@@H](O[C@H]2[C@H](O[C@H]3CC[C@@]4(C)[C@@H](CC[C@]5(C)[C@@H]4CC=C4[C@@H]6CC(C)(C)CC[C@]6(C(=O)O)CC[C@]45C)[C@]3(C)COC(C)=O)OC[C@H](OC(C)=O)[C@@H]2OC(C)=O)[C@H](OC(C)=O)[C@@H](OC(C)=O)[C@@H]1OC(C)=O. The lowest BCUT2D eigenvalue weighted by molar-refractivity contribution is -0.369. The van der Waals surface area contributed by atoms with Crippen LogP contribution in [0.3, 0.4) is 0 Å². The summed E-state index contributed by atoms with van der Waals surface area (Å²) in [6, 6.07) is 0. The second kappa shape index (κ2) is 21.6. The fourth-order valence-corrected chi connectivity index (χ4v) is 15.4. The molecule has 420 valence electrons. The highest BCUT2D eigenvalue weighted by molar-refractivity contribution is 5.77. The van der Waals surface area contributed by atoms with E-state index in [1.165, 1.54) is 12.5 Å². The van der Waals surface area contributed by atoms with Crippen molar-refractivity contribution in [3.8, 4) is 0 Å². The average molecular weight is 1060 g/mol. The average Bonchev–Trinajstić information content (AvgIpc) is 3.28. The number of fused-ring (bicyclic) bond motifs is 7. The van der Waals surface area contributed by atoms with E-state index in [0.29, 0.717) is 25.7 Å². The van der Waals surface area contributed by atoms with Crippen molar-refractivity contribution >= 4 is 47.8 Å². The van der Waals surface area contributed by atoms with Gasteiger partial charge in [-0.15, -0.1) is 0 Å². The molecule has 7 rings (SSSR count). The molecule has 7 aliphatic rings. The van der Waals surface area contributed by atoms with E-state index in [1.807, 2.05) is 6.92 Å². The largest absolute Gasteiger partial charge is 0.481 e. The van der Waals surface area contributed by atoms with E-state index in [1.54, 1.807) is 0 Å². The van der Waals surface area contributed by atoms with Gasteiger partial charge in [0.25, 0.3) is 0 Å². The fourth-order valence-electron chi connectivity index (χ4n) is 15.4. The normalized spacial score (nSPS) is 41.7. The molecule has 2 aliphatic heterocycles. The first kappa shape index (κ1) is 58.0. The molecule has 0 unspecified atom stereocenters. The van der Waals surface area contributed by atoms with Gasteiger partial charge in [0.05, 0.1) is 24.7 Å². The molecule has 4 saturated carbocycles. The van der Waals surface area contributed by atoms with Gasteiger partial charge in [0.1, 0.15) is 12.7 Å². The molecule has 0 radical (unpaired) electrons. The fraction of sp³-hybridized carbons (Fsp3) is 0.818. The van der Waals surface area contributed by atoms with Crippen LogP contribution in [-0.4, -0.2) is 134 Å². The molecule has 2 saturated heterocycles. The monoisotopic (exact) mass is 1060 g/mol. The lowest BCUT2D eigenvalue weighted by atomic mass is 9.33. The van der Waals surface area contributed by atoms with Gasteiger partial charge in [-0.1, -0.05) is 53.2 Å². The van der Waals surface area contributed by atoms with Crippen LogP contribution in [0.15, 0.2) is 11.6 Å². The molecule has 20 nitrogen and oxygen atoms in total. The molecule has 18 atom stereocenters. The van der Waals surface area contributed by atoms with Crippen LogP contribution in [0.2, 0.25) is 0 Å². The Hall–Kier alpha value is -4.66. The van der Waals surface area contributed by atoms with Gasteiger partial charge in [-0.3, -0.25) is 38.4 Å². The zero-order valence-corrected chi connectivity index (χ0v) is 46.0. The molecule has 0 amide bonds. The van der Waals surface area contributed by atoms with E-state index < -0.39 is 127 Å². The van der Waals surface area contributed by atoms with Gasteiger partial charge in [0.2, 0.25) is 0 Å². The highest BCUT2D eigenvalue weighted by Gasteiger charge is 2.70. The van der Waals surface area contributed by atoms with E-state index in [0.717, 1.165) is 80.1 Å². The topological polar surface area (TPSA) is 258 Å². The maximum Gasteiger partial charge on any atom is 0.310 e. The van der Waals surface area contributed by atoms with Gasteiger partial charge in [0.15, 0.2) is 49.2 Å². The molecule has 20 heteroatoms. The number of esters is 7. The number of ether oxygens (including phenoxy) is 11. The first-order chi connectivity index (χ1) is 34.9. The predicted molar refractivity (Wildman–Crippen MR) is 260 cm³/mol. The van der Waals surface area contributed by atoms with Crippen molar-refractivity contribution in [2.75, 3.05) is 19.8 Å². The molecule has 1 N–H and O–H groups in total. The lowest BCUT2D eigenvalue weighted by Crippen LogP contribution is -2.67. The predicted octanol–water partition coefficient (Wildman–Crippen LogP) is 6.49. The molecule has 75 heavy (non-hydrogen) atoms. The molecule has 5 aliphatic carbocycles. The molecule has 0 spiro atoms. The number of carbonyl (C=O) groups is 8. The van der Waals surface area contributed by atoms with Crippen LogP contribution < -0.4 is 0 Å². The molecular formula is C55H80O20. The summed E-state index contributed by atoms with van der Waals surface area (Å²) in [7, 11) is 0. The van der Waals surface area contributed by atoms with Gasteiger partial charge < -0.3 is 57.2 Å². The van der Waals surface area contributed by atoms with Crippen LogP contribution in [0.25, 0.3) is 0 Å². The maximum atomic E-state index is 13.3. The van der Waals surface area contributed by atoms with Crippen molar-refractivity contribution in [1.29, 1.82) is 0 Å². The summed E-state index contributed by atoms with van der Waals surface area (Å²) in [5.41, 5.74) is -1.17. The minimum atomic E-state index is -1.79. The number of hydrogen-bond donors (Lipinski definition) is 1. The van der Waals surface area contributed by atoms with Gasteiger partial charge >= 0.3 is 47.8 Å². The Morgan fingerprint density at radius 2 is 1.19 bits per heavy atom. The van der Waals surface area contributed by atoms with Crippen LogP contribution in [0.4, 0.5) is 0 Å². The first-order valence-corrected chi connectivity index (χ1v) is 26.6. The Balaban J connectivity index is 1.27. The van der Waals surface area contributed by atoms with Gasteiger partial charge in [-0.05, 0) is 104 Å². The van der Waals surface area contributed by atoms with Gasteiger partial charge in [-0.2, -0.15) is 0 Å². The standard InChI is InChI=1S/C55H80O20/c1-28(56)65-25-38-42(69-31(4)59)44(71-33(6)61)46(72-34(7)62)48(73-38)75-45-43(70-32(5)60)37(68-30(3)58)26-66-47(45)74-41-17-18-51(10)39(52(41,11)27-67-29(2)57)16-19-54(13)40(51)15-14-35-36-24-50(8,9)20-22-55(36,49(63)64)23-21-53(35,54)12/h14,36-48H,15-27H2,1-13H3,(H,63,64)/t36-,37-,38+,39+,40+,41-,42+,43-,44-,45+,46+,47-,48-,51-,52-,53+,54+,55-/m0/s1. The van der Waals surface area contributed by atoms with E-state index in [-0.39, 0.29) is 52.6 Å². The van der Waals surface area contributed by atoms with E-state index >= 15 is 0 Å². The molecule has 0 aromatic carbocycles. The zero-order valence-electron chi connectivity index (χ0n) is 46.0. The Labute approximate surface area is 439 Å². The Morgan fingerprint density at radius 3 is 1.79 bits per heavy atom. The van der Waals surface area contributed by atoms with Crippen molar-refractivity contribution in [2.24, 2.45) is 50.2 Å². The van der Waals surface area contributed by atoms with Crippen molar-refractivity contribution in [3.63, 3.8) is 0 Å². The number of rotatable bonds is 14. The number of aliphatic carboxylic acids is 1. The number of carboxylic acid groups (broad SMARTS) is 1. The molecular weight excluding hydrogens is 981 g/mol. The smallest absolute Gasteiger partial charge is 0.310 e. The van der Waals surface area contributed by atoms with Crippen molar-refractivity contribution in [2.45, 2.75) is 216 Å². The summed E-state index contributed by atoms with van der Waals surface area (Å²) < 4.78 is 66.4. The molecule has 2 heterocycles. The van der Waals surface area contributed by atoms with Crippen molar-refractivity contribution < 1.29 is 95.6 Å². The third kappa shape index (κ3) is 11.1. The number of hydrogen-bond acceptors (Lipinski definition) is 19. The molecule has 0 aromatic heterocycles. The number of allylic oxidation sites excluding steroid dienone is 2. The van der Waals surface area contributed by atoms with Crippen molar-refractivity contribution in [3.05, 3.63) is 11.6 Å². The summed E-state index contributed by atoms with van der Waals surface area (Å²) in [5.74, 6) is -6.07. The summed E-state index contributed by atoms with van der Waals surface area (Å²) in [5, 5.41) is 10.9. The number of carboxylic acids is 1. The molecule has 6 fully saturated rings. The van der Waals surface area contributed by atoms with Gasteiger partial charge in [-0.25, -0.2) is 0 Å². The van der Waals surface area contributed by atoms with E-state index in [2.05, 4.69) is 40.7 Å². The summed E-state index contributed by atoms with van der Waals surface area (Å²) in [6.45, 7) is 20.8. The molecule has 0 bridgehead atoms. The summed E-state index contributed by atoms with van der Waals surface area (Å²) in [4.78, 5) is 102. The van der Waals surface area contributed by atoms with Crippen molar-refractivity contribution in [1.82, 2.24) is 0 Å². The quantitative estimate of drug-likeness (QED) is 0.0844. The van der Waals surface area contributed by atoms with Crippen LogP contribution in [-0.2, 0) is 90.5 Å². The Bertz CT molecular complexity index is 2280. The van der Waals surface area contributed by atoms with Crippen LogP contribution in [0.5, 0.6) is 0 Å².